The number of halogens is 3. The predicted molar refractivity (Wildman–Crippen MR) is 139 cm³/mol. The average molecular weight is 595 g/mol. The van der Waals surface area contributed by atoms with Gasteiger partial charge in [0.25, 0.3) is 0 Å². The van der Waals surface area contributed by atoms with E-state index in [-0.39, 0.29) is 28.8 Å². The molecule has 0 bridgehead atoms. The first-order chi connectivity index (χ1) is 15.1. The van der Waals surface area contributed by atoms with Gasteiger partial charge in [0.1, 0.15) is 11.6 Å². The third-order valence-electron chi connectivity index (χ3n) is 5.11. The fourth-order valence-corrected chi connectivity index (χ4v) is 5.65. The largest absolute Gasteiger partial charge is 0.496 e. The molecule has 1 unspecified atom stereocenters. The van der Waals surface area contributed by atoms with Crippen molar-refractivity contribution in [3.8, 4) is 17.0 Å². The van der Waals surface area contributed by atoms with Crippen LogP contribution in [0.1, 0.15) is 22.9 Å². The Bertz CT molecular complexity index is 1240. The average Bonchev–Trinajstić information content (AvgIpc) is 3.54. The predicted octanol–water partition coefficient (Wildman–Crippen LogP) is 7.72. The number of anilines is 1. The lowest BCUT2D eigenvalue weighted by Crippen LogP contribution is -2.18. The highest BCUT2D eigenvalue weighted by Crippen LogP contribution is 2.40. The van der Waals surface area contributed by atoms with Gasteiger partial charge in [-0.2, -0.15) is 5.10 Å². The minimum Gasteiger partial charge on any atom is -0.496 e. The van der Waals surface area contributed by atoms with Gasteiger partial charge in [-0.15, -0.1) is 39.7 Å². The van der Waals surface area contributed by atoms with E-state index in [1.54, 1.807) is 29.8 Å². The highest BCUT2D eigenvalue weighted by Gasteiger charge is 2.32. The summed E-state index contributed by atoms with van der Waals surface area (Å²) in [6.07, 6.45) is 0.745. The normalized spacial score (nSPS) is 15.4. The van der Waals surface area contributed by atoms with E-state index in [0.717, 1.165) is 49.2 Å². The molecule has 9 heteroatoms. The maximum absolute atomic E-state index is 13.5. The van der Waals surface area contributed by atoms with Crippen molar-refractivity contribution < 1.29 is 9.13 Å². The van der Waals surface area contributed by atoms with E-state index in [9.17, 15) is 4.39 Å². The second-order valence-electron chi connectivity index (χ2n) is 7.00. The Morgan fingerprint density at radius 1 is 1.12 bits per heavy atom. The SMILES string of the molecule is Br.COc1ccc(-c2csc(N3N=C(c4cccs4)CC3c3ccc(F)cc3)n2)cc1Br. The van der Waals surface area contributed by atoms with E-state index in [4.69, 9.17) is 14.8 Å². The quantitative estimate of drug-likeness (QED) is 0.237. The highest BCUT2D eigenvalue weighted by atomic mass is 79.9. The number of nitrogens with zero attached hydrogens (tertiary/aromatic N) is 3. The van der Waals surface area contributed by atoms with E-state index in [2.05, 4.69) is 27.4 Å². The van der Waals surface area contributed by atoms with Crippen LogP contribution in [0.4, 0.5) is 9.52 Å². The number of hydrogen-bond donors (Lipinski definition) is 0. The smallest absolute Gasteiger partial charge is 0.207 e. The first-order valence-corrected chi connectivity index (χ1v) is 12.1. The molecule has 0 aliphatic carbocycles. The lowest BCUT2D eigenvalue weighted by atomic mass is 10.0. The molecule has 2 aromatic carbocycles. The van der Waals surface area contributed by atoms with Crippen LogP contribution in [0.15, 0.2) is 74.9 Å². The van der Waals surface area contributed by atoms with Gasteiger partial charge in [0.05, 0.1) is 33.9 Å². The number of hydrogen-bond acceptors (Lipinski definition) is 6. The van der Waals surface area contributed by atoms with Crippen LogP contribution < -0.4 is 9.75 Å². The number of aromatic nitrogens is 1. The number of methoxy groups -OCH3 is 1. The van der Waals surface area contributed by atoms with E-state index in [1.165, 1.54) is 12.1 Å². The second kappa shape index (κ2) is 9.82. The van der Waals surface area contributed by atoms with Gasteiger partial charge in [-0.05, 0) is 63.3 Å². The van der Waals surface area contributed by atoms with Crippen molar-refractivity contribution in [2.45, 2.75) is 12.5 Å². The Morgan fingerprint density at radius 2 is 1.94 bits per heavy atom. The lowest BCUT2D eigenvalue weighted by molar-refractivity contribution is 0.412. The molecule has 164 valence electrons. The Labute approximate surface area is 212 Å². The fraction of sp³-hybridized carbons (Fsp3) is 0.130. The lowest BCUT2D eigenvalue weighted by Gasteiger charge is -2.21. The zero-order valence-electron chi connectivity index (χ0n) is 16.9. The van der Waals surface area contributed by atoms with Gasteiger partial charge >= 0.3 is 0 Å². The van der Waals surface area contributed by atoms with E-state index in [1.807, 2.05) is 46.8 Å². The molecule has 0 spiro atoms. The Morgan fingerprint density at radius 3 is 2.62 bits per heavy atom. The maximum atomic E-state index is 13.5. The molecule has 1 atom stereocenters. The maximum Gasteiger partial charge on any atom is 0.207 e. The summed E-state index contributed by atoms with van der Waals surface area (Å²) in [5.41, 5.74) is 3.91. The Balaban J connectivity index is 0.00000245. The zero-order chi connectivity index (χ0) is 21.4. The van der Waals surface area contributed by atoms with Gasteiger partial charge < -0.3 is 4.74 Å². The van der Waals surface area contributed by atoms with E-state index >= 15 is 0 Å². The molecule has 0 N–H and O–H groups in total. The van der Waals surface area contributed by atoms with Crippen molar-refractivity contribution in [1.82, 2.24) is 4.98 Å². The first-order valence-electron chi connectivity index (χ1n) is 9.58. The Hall–Kier alpha value is -2.07. The van der Waals surface area contributed by atoms with E-state index < -0.39 is 0 Å². The van der Waals surface area contributed by atoms with Crippen molar-refractivity contribution in [1.29, 1.82) is 0 Å². The van der Waals surface area contributed by atoms with Crippen molar-refractivity contribution in [2.24, 2.45) is 5.10 Å². The Kier molecular flexibility index (Phi) is 7.09. The molecule has 1 aliphatic rings. The second-order valence-corrected chi connectivity index (χ2v) is 9.64. The van der Waals surface area contributed by atoms with Crippen LogP contribution in [0.5, 0.6) is 5.75 Å². The van der Waals surface area contributed by atoms with Crippen LogP contribution >= 0.6 is 55.6 Å². The third kappa shape index (κ3) is 4.52. The number of hydrazone groups is 1. The van der Waals surface area contributed by atoms with Crippen molar-refractivity contribution in [3.63, 3.8) is 0 Å². The molecule has 0 saturated carbocycles. The number of rotatable bonds is 5. The molecular formula is C23H18Br2FN3OS2. The topological polar surface area (TPSA) is 37.7 Å². The molecule has 0 amide bonds. The van der Waals surface area contributed by atoms with Gasteiger partial charge in [-0.3, -0.25) is 0 Å². The van der Waals surface area contributed by atoms with E-state index in [0.29, 0.717) is 0 Å². The summed E-state index contributed by atoms with van der Waals surface area (Å²) >= 11 is 6.76. The summed E-state index contributed by atoms with van der Waals surface area (Å²) in [6.45, 7) is 0. The zero-order valence-corrected chi connectivity index (χ0v) is 21.8. The minimum absolute atomic E-state index is 0. The summed E-state index contributed by atoms with van der Waals surface area (Å²) in [4.78, 5) is 6.02. The van der Waals surface area contributed by atoms with Gasteiger partial charge in [-0.25, -0.2) is 14.4 Å². The van der Waals surface area contributed by atoms with Gasteiger partial charge in [0.2, 0.25) is 5.13 Å². The molecule has 3 heterocycles. The van der Waals surface area contributed by atoms with Crippen LogP contribution in [0.2, 0.25) is 0 Å². The van der Waals surface area contributed by atoms with Crippen LogP contribution in [0.3, 0.4) is 0 Å². The first kappa shape index (κ1) is 23.1. The number of ether oxygens (including phenoxy) is 1. The number of benzene rings is 2. The molecule has 1 aliphatic heterocycles. The number of thiophene rings is 1. The van der Waals surface area contributed by atoms with Crippen LogP contribution in [0.25, 0.3) is 11.3 Å². The third-order valence-corrected chi connectivity index (χ3v) is 7.48. The van der Waals surface area contributed by atoms with Crippen molar-refractivity contribution in [3.05, 3.63) is 86.1 Å². The van der Waals surface area contributed by atoms with Gasteiger partial charge in [-0.1, -0.05) is 18.2 Å². The van der Waals surface area contributed by atoms with Gasteiger partial charge in [0, 0.05) is 17.4 Å². The molecule has 2 aromatic heterocycles. The number of thiazole rings is 1. The molecule has 0 saturated heterocycles. The molecular weight excluding hydrogens is 577 g/mol. The van der Waals surface area contributed by atoms with Crippen LogP contribution in [-0.4, -0.2) is 17.8 Å². The minimum atomic E-state index is -0.241. The molecule has 32 heavy (non-hydrogen) atoms. The summed E-state index contributed by atoms with van der Waals surface area (Å²) in [5.74, 6) is 0.537. The van der Waals surface area contributed by atoms with Crippen LogP contribution in [-0.2, 0) is 0 Å². The van der Waals surface area contributed by atoms with Crippen molar-refractivity contribution >= 4 is 66.4 Å². The monoisotopic (exact) mass is 593 g/mol. The molecule has 4 nitrogen and oxygen atoms in total. The molecule has 4 aromatic rings. The molecule has 0 radical (unpaired) electrons. The highest BCUT2D eigenvalue weighted by molar-refractivity contribution is 9.10. The summed E-state index contributed by atoms with van der Waals surface area (Å²) < 4.78 is 19.7. The van der Waals surface area contributed by atoms with Crippen molar-refractivity contribution in [2.75, 3.05) is 12.1 Å². The standard InChI is InChI=1S/C23H17BrFN3OS2.BrH/c1-29-21-9-6-15(11-17(21)24)19-13-31-23(26-19)28-20(14-4-7-16(25)8-5-14)12-18(27-28)22-3-2-10-30-22;/h2-11,13,20H,12H2,1H3;1H. The van der Waals surface area contributed by atoms with Gasteiger partial charge in [0.15, 0.2) is 0 Å². The fourth-order valence-electron chi connectivity index (χ4n) is 3.55. The summed E-state index contributed by atoms with van der Waals surface area (Å²) in [5, 5.41) is 11.8. The summed E-state index contributed by atoms with van der Waals surface area (Å²) in [6, 6.07) is 16.6. The molecule has 0 fully saturated rings. The summed E-state index contributed by atoms with van der Waals surface area (Å²) in [7, 11) is 1.65. The molecule has 5 rings (SSSR count). The van der Waals surface area contributed by atoms with Crippen LogP contribution in [0, 0.1) is 5.82 Å².